The Hall–Kier alpha value is -3.19. The van der Waals surface area contributed by atoms with Gasteiger partial charge < -0.3 is 10.0 Å². The van der Waals surface area contributed by atoms with E-state index < -0.39 is 6.10 Å². The second kappa shape index (κ2) is 7.82. The number of likely N-dealkylation sites (tertiary alicyclic amines) is 1. The number of rotatable bonds is 4. The van der Waals surface area contributed by atoms with Crippen LogP contribution < -0.4 is 0 Å². The molecule has 4 heterocycles. The van der Waals surface area contributed by atoms with Crippen LogP contribution in [-0.2, 0) is 6.42 Å². The standard InChI is InChI=1S/C21H21N5O2/c1-14-18(11-24-20(25-14)15-5-4-7-22-10-15)21(28)26-12-16(19(27)13-26)9-17-6-2-3-8-23-17/h2-8,10-11,16,19,27H,9,12-13H2,1H3/t16-,19-/m1/s1. The van der Waals surface area contributed by atoms with Gasteiger partial charge in [-0.25, -0.2) is 9.97 Å². The second-order valence-electron chi connectivity index (χ2n) is 7.00. The normalized spacial score (nSPS) is 19.0. The fourth-order valence-corrected chi connectivity index (χ4v) is 3.49. The van der Waals surface area contributed by atoms with Gasteiger partial charge in [-0.1, -0.05) is 6.07 Å². The summed E-state index contributed by atoms with van der Waals surface area (Å²) < 4.78 is 0. The molecule has 7 nitrogen and oxygen atoms in total. The van der Waals surface area contributed by atoms with E-state index in [1.165, 1.54) is 0 Å². The quantitative estimate of drug-likeness (QED) is 0.749. The molecule has 28 heavy (non-hydrogen) atoms. The molecule has 3 aromatic heterocycles. The van der Waals surface area contributed by atoms with Crippen molar-refractivity contribution in [2.45, 2.75) is 19.4 Å². The van der Waals surface area contributed by atoms with Crippen LogP contribution in [0, 0.1) is 12.8 Å². The molecule has 1 N–H and O–H groups in total. The number of pyridine rings is 2. The number of aliphatic hydroxyl groups is 1. The number of aliphatic hydroxyl groups excluding tert-OH is 1. The number of hydrogen-bond acceptors (Lipinski definition) is 6. The van der Waals surface area contributed by atoms with E-state index in [0.717, 1.165) is 11.3 Å². The summed E-state index contributed by atoms with van der Waals surface area (Å²) in [5.74, 6) is 0.351. The first-order valence-electron chi connectivity index (χ1n) is 9.23. The Morgan fingerprint density at radius 2 is 2.04 bits per heavy atom. The van der Waals surface area contributed by atoms with Crippen molar-refractivity contribution >= 4 is 5.91 Å². The summed E-state index contributed by atoms with van der Waals surface area (Å²) in [6.07, 6.45) is 6.75. The van der Waals surface area contributed by atoms with Crippen LogP contribution in [-0.4, -0.2) is 55.0 Å². The predicted molar refractivity (Wildman–Crippen MR) is 103 cm³/mol. The van der Waals surface area contributed by atoms with Gasteiger partial charge in [0.1, 0.15) is 0 Å². The Kier molecular flexibility index (Phi) is 5.08. The van der Waals surface area contributed by atoms with Crippen molar-refractivity contribution in [2.75, 3.05) is 13.1 Å². The summed E-state index contributed by atoms with van der Waals surface area (Å²) in [6, 6.07) is 9.43. The zero-order chi connectivity index (χ0) is 19.5. The SMILES string of the molecule is Cc1nc(-c2cccnc2)ncc1C(=O)N1C[C@@H](Cc2ccccn2)[C@H](O)C1. The maximum absolute atomic E-state index is 13.0. The highest BCUT2D eigenvalue weighted by Crippen LogP contribution is 2.23. The molecule has 0 bridgehead atoms. The average Bonchev–Trinajstić information content (AvgIpc) is 3.09. The molecule has 0 spiro atoms. The van der Waals surface area contributed by atoms with E-state index in [0.29, 0.717) is 36.6 Å². The van der Waals surface area contributed by atoms with Crippen molar-refractivity contribution in [1.29, 1.82) is 0 Å². The summed E-state index contributed by atoms with van der Waals surface area (Å²) in [4.78, 5) is 31.8. The molecule has 1 amide bonds. The van der Waals surface area contributed by atoms with Crippen LogP contribution in [0.15, 0.2) is 55.1 Å². The average molecular weight is 375 g/mol. The Labute approximate surface area is 163 Å². The molecule has 3 aromatic rings. The molecule has 1 aliphatic heterocycles. The van der Waals surface area contributed by atoms with Crippen molar-refractivity contribution in [3.8, 4) is 11.4 Å². The van der Waals surface area contributed by atoms with Crippen LogP contribution in [0.25, 0.3) is 11.4 Å². The monoisotopic (exact) mass is 375 g/mol. The van der Waals surface area contributed by atoms with E-state index in [1.807, 2.05) is 30.3 Å². The third-order valence-electron chi connectivity index (χ3n) is 5.02. The topological polar surface area (TPSA) is 92.1 Å². The van der Waals surface area contributed by atoms with E-state index in [1.54, 1.807) is 36.6 Å². The van der Waals surface area contributed by atoms with Crippen molar-refractivity contribution in [1.82, 2.24) is 24.8 Å². The summed E-state index contributed by atoms with van der Waals surface area (Å²) >= 11 is 0. The van der Waals surface area contributed by atoms with E-state index in [2.05, 4.69) is 19.9 Å². The minimum atomic E-state index is -0.568. The molecule has 1 saturated heterocycles. The number of aryl methyl sites for hydroxylation is 1. The number of β-amino-alcohol motifs (C(OH)–C–C–N with tert-alkyl or cyclic N) is 1. The molecule has 4 rings (SSSR count). The summed E-state index contributed by atoms with van der Waals surface area (Å²) in [5.41, 5.74) is 2.79. The zero-order valence-electron chi connectivity index (χ0n) is 15.6. The maximum atomic E-state index is 13.0. The molecule has 0 saturated carbocycles. The number of aromatic nitrogens is 4. The highest BCUT2D eigenvalue weighted by molar-refractivity contribution is 5.95. The van der Waals surface area contributed by atoms with Gasteiger partial charge in [0.2, 0.25) is 0 Å². The second-order valence-corrected chi connectivity index (χ2v) is 7.00. The van der Waals surface area contributed by atoms with E-state index in [9.17, 15) is 9.90 Å². The Balaban J connectivity index is 1.49. The molecule has 0 radical (unpaired) electrons. The van der Waals surface area contributed by atoms with Crippen molar-refractivity contribution in [2.24, 2.45) is 5.92 Å². The van der Waals surface area contributed by atoms with Crippen LogP contribution in [0.3, 0.4) is 0 Å². The molecule has 1 fully saturated rings. The summed E-state index contributed by atoms with van der Waals surface area (Å²) in [7, 11) is 0. The maximum Gasteiger partial charge on any atom is 0.257 e. The van der Waals surface area contributed by atoms with Gasteiger partial charge in [-0.05, 0) is 37.6 Å². The first-order chi connectivity index (χ1) is 13.6. The lowest BCUT2D eigenvalue weighted by Crippen LogP contribution is -2.30. The molecule has 7 heteroatoms. The van der Waals surface area contributed by atoms with E-state index in [4.69, 9.17) is 0 Å². The van der Waals surface area contributed by atoms with Crippen LogP contribution in [0.1, 0.15) is 21.7 Å². The molecule has 0 aromatic carbocycles. The highest BCUT2D eigenvalue weighted by atomic mass is 16.3. The molecular weight excluding hydrogens is 354 g/mol. The van der Waals surface area contributed by atoms with E-state index in [-0.39, 0.29) is 11.8 Å². The largest absolute Gasteiger partial charge is 0.391 e. The third-order valence-corrected chi connectivity index (χ3v) is 5.02. The van der Waals surface area contributed by atoms with Gasteiger partial charge in [0.05, 0.1) is 17.4 Å². The molecule has 0 unspecified atom stereocenters. The van der Waals surface area contributed by atoms with Gasteiger partial charge in [-0.3, -0.25) is 14.8 Å². The first kappa shape index (κ1) is 18.2. The van der Waals surface area contributed by atoms with Crippen molar-refractivity contribution < 1.29 is 9.90 Å². The third kappa shape index (κ3) is 3.75. The van der Waals surface area contributed by atoms with Gasteiger partial charge in [-0.2, -0.15) is 0 Å². The van der Waals surface area contributed by atoms with Crippen LogP contribution in [0.2, 0.25) is 0 Å². The van der Waals surface area contributed by atoms with Gasteiger partial charge in [0.25, 0.3) is 5.91 Å². The lowest BCUT2D eigenvalue weighted by atomic mass is 10.00. The van der Waals surface area contributed by atoms with E-state index >= 15 is 0 Å². The Morgan fingerprint density at radius 3 is 2.75 bits per heavy atom. The minimum Gasteiger partial charge on any atom is -0.391 e. The molecule has 1 aliphatic rings. The van der Waals surface area contributed by atoms with Crippen LogP contribution in [0.5, 0.6) is 0 Å². The summed E-state index contributed by atoms with van der Waals surface area (Å²) in [6.45, 7) is 2.59. The predicted octanol–water partition coefficient (Wildman–Crippen LogP) is 1.92. The van der Waals surface area contributed by atoms with Gasteiger partial charge in [-0.15, -0.1) is 0 Å². The number of hydrogen-bond donors (Lipinski definition) is 1. The summed E-state index contributed by atoms with van der Waals surface area (Å²) in [5, 5.41) is 10.4. The highest BCUT2D eigenvalue weighted by Gasteiger charge is 2.35. The fourth-order valence-electron chi connectivity index (χ4n) is 3.49. The smallest absolute Gasteiger partial charge is 0.257 e. The van der Waals surface area contributed by atoms with Gasteiger partial charge in [0.15, 0.2) is 5.82 Å². The lowest BCUT2D eigenvalue weighted by molar-refractivity contribution is 0.0763. The Bertz CT molecular complexity index is 965. The minimum absolute atomic E-state index is 0.0326. The van der Waals surface area contributed by atoms with Crippen LogP contribution in [0.4, 0.5) is 0 Å². The molecule has 0 aliphatic carbocycles. The molecule has 2 atom stereocenters. The van der Waals surface area contributed by atoms with Gasteiger partial charge in [0, 0.05) is 55.1 Å². The zero-order valence-corrected chi connectivity index (χ0v) is 15.6. The first-order valence-corrected chi connectivity index (χ1v) is 9.23. The van der Waals surface area contributed by atoms with Crippen LogP contribution >= 0.6 is 0 Å². The molecular formula is C21H21N5O2. The fraction of sp³-hybridized carbons (Fsp3) is 0.286. The Morgan fingerprint density at radius 1 is 1.14 bits per heavy atom. The number of amides is 1. The number of carbonyl (C=O) groups is 1. The number of nitrogens with zero attached hydrogens (tertiary/aromatic N) is 5. The van der Waals surface area contributed by atoms with Crippen molar-refractivity contribution in [3.05, 3.63) is 72.1 Å². The van der Waals surface area contributed by atoms with Crippen molar-refractivity contribution in [3.63, 3.8) is 0 Å². The number of carbonyl (C=O) groups excluding carboxylic acids is 1. The molecule has 142 valence electrons. The van der Waals surface area contributed by atoms with Gasteiger partial charge >= 0.3 is 0 Å². The lowest BCUT2D eigenvalue weighted by Gasteiger charge is -2.17.